The van der Waals surface area contributed by atoms with Gasteiger partial charge in [-0.15, -0.1) is 0 Å². The van der Waals surface area contributed by atoms with Crippen LogP contribution in [0.4, 0.5) is 10.5 Å². The molecule has 11 heteroatoms. The molecule has 2 saturated heterocycles. The number of hydrogen-bond acceptors (Lipinski definition) is 6. The number of nitrogens with one attached hydrogen (secondary N) is 2. The Balaban J connectivity index is 1.42. The number of aromatic nitrogens is 2. The Kier molecular flexibility index (Phi) is 6.21. The molecule has 4 rings (SSSR count). The number of urea groups is 1. The van der Waals surface area contributed by atoms with Gasteiger partial charge in [0, 0.05) is 50.2 Å². The first-order chi connectivity index (χ1) is 15.3. The molecule has 3 heterocycles. The maximum Gasteiger partial charge on any atom is 0.322 e. The Morgan fingerprint density at radius 1 is 1.22 bits per heavy atom. The average Bonchev–Trinajstić information content (AvgIpc) is 3.08. The second kappa shape index (κ2) is 8.91. The number of piperazine rings is 1. The van der Waals surface area contributed by atoms with E-state index >= 15 is 0 Å². The van der Waals surface area contributed by atoms with Gasteiger partial charge in [-0.3, -0.25) is 24.9 Å². The van der Waals surface area contributed by atoms with Gasteiger partial charge >= 0.3 is 6.03 Å². The highest BCUT2D eigenvalue weighted by Crippen LogP contribution is 2.31. The fourth-order valence-electron chi connectivity index (χ4n) is 4.18. The molecule has 2 aliphatic heterocycles. The summed E-state index contributed by atoms with van der Waals surface area (Å²) in [5.41, 5.74) is -0.158. The molecule has 2 aliphatic rings. The Bertz CT molecular complexity index is 1050. The number of rotatable bonds is 5. The van der Waals surface area contributed by atoms with Gasteiger partial charge in [-0.05, 0) is 31.5 Å². The van der Waals surface area contributed by atoms with Gasteiger partial charge in [0.25, 0.3) is 5.91 Å². The summed E-state index contributed by atoms with van der Waals surface area (Å²) in [4.78, 5) is 49.6. The molecule has 9 nitrogen and oxygen atoms in total. The normalized spacial score (nSPS) is 23.2. The van der Waals surface area contributed by atoms with Crippen molar-refractivity contribution in [3.8, 4) is 0 Å². The van der Waals surface area contributed by atoms with Crippen molar-refractivity contribution < 1.29 is 14.4 Å². The lowest BCUT2D eigenvalue weighted by molar-refractivity contribution is -0.133. The Morgan fingerprint density at radius 2 is 2.03 bits per heavy atom. The largest absolute Gasteiger partial charge is 0.365 e. The SMILES string of the molecule is C[C@H]1CN(C(=O)CCC2(c3cnccn3)NC(=O)NC2=O)CCN1c1ccc(Cl)c(Cl)c1. The predicted octanol–water partition coefficient (Wildman–Crippen LogP) is 2.34. The summed E-state index contributed by atoms with van der Waals surface area (Å²) in [5.74, 6) is -0.628. The van der Waals surface area contributed by atoms with Crippen molar-refractivity contribution in [3.63, 3.8) is 0 Å². The minimum atomic E-state index is -1.41. The lowest BCUT2D eigenvalue weighted by Gasteiger charge is -2.41. The van der Waals surface area contributed by atoms with E-state index in [-0.39, 0.29) is 24.8 Å². The minimum absolute atomic E-state index is 0.0633. The van der Waals surface area contributed by atoms with Crippen molar-refractivity contribution in [2.45, 2.75) is 31.3 Å². The van der Waals surface area contributed by atoms with Crippen LogP contribution in [0.5, 0.6) is 0 Å². The van der Waals surface area contributed by atoms with Crippen molar-refractivity contribution in [2.75, 3.05) is 24.5 Å². The van der Waals surface area contributed by atoms with Crippen LogP contribution >= 0.6 is 23.2 Å². The first-order valence-electron chi connectivity index (χ1n) is 10.2. The number of imide groups is 1. The summed E-state index contributed by atoms with van der Waals surface area (Å²) in [5, 5.41) is 5.86. The van der Waals surface area contributed by atoms with Crippen molar-refractivity contribution in [3.05, 3.63) is 52.5 Å². The fraction of sp³-hybridized carbons (Fsp3) is 0.381. The number of halogens is 2. The third-order valence-corrected chi connectivity index (χ3v) is 6.61. The smallest absolute Gasteiger partial charge is 0.322 e. The number of carbonyl (C=O) groups is 3. The zero-order chi connectivity index (χ0) is 22.9. The molecule has 32 heavy (non-hydrogen) atoms. The van der Waals surface area contributed by atoms with Gasteiger partial charge in [-0.25, -0.2) is 4.79 Å². The van der Waals surface area contributed by atoms with Gasteiger partial charge in [-0.1, -0.05) is 23.2 Å². The highest BCUT2D eigenvalue weighted by atomic mass is 35.5. The molecule has 4 amide bonds. The summed E-state index contributed by atoms with van der Waals surface area (Å²) in [6.45, 7) is 3.72. The van der Waals surface area contributed by atoms with Gasteiger partial charge in [0.2, 0.25) is 5.91 Å². The highest BCUT2D eigenvalue weighted by molar-refractivity contribution is 6.42. The standard InChI is InChI=1S/C21H22Cl2N6O3/c1-13-12-28(8-9-29(13)14-2-3-15(22)16(23)10-14)18(30)4-5-21(17-11-24-6-7-25-17)19(31)26-20(32)27-21/h2-3,6-7,10-11,13H,4-5,8-9,12H2,1H3,(H2,26,27,31,32)/t13-,21?/m0/s1. The van der Waals surface area contributed by atoms with Crippen LogP contribution in [0.3, 0.4) is 0 Å². The molecular formula is C21H22Cl2N6O3. The Morgan fingerprint density at radius 3 is 2.66 bits per heavy atom. The molecule has 0 bridgehead atoms. The molecule has 0 radical (unpaired) electrons. The van der Waals surface area contributed by atoms with E-state index in [0.717, 1.165) is 5.69 Å². The molecule has 1 unspecified atom stereocenters. The molecule has 2 N–H and O–H groups in total. The molecule has 0 spiro atoms. The Hall–Kier alpha value is -2.91. The second-order valence-corrected chi connectivity index (χ2v) is 8.70. The van der Waals surface area contributed by atoms with E-state index in [9.17, 15) is 14.4 Å². The number of hydrogen-bond donors (Lipinski definition) is 2. The molecule has 2 atom stereocenters. The van der Waals surface area contributed by atoms with E-state index in [1.807, 2.05) is 19.1 Å². The third-order valence-electron chi connectivity index (χ3n) is 5.87. The summed E-state index contributed by atoms with van der Waals surface area (Å²) < 4.78 is 0. The van der Waals surface area contributed by atoms with E-state index in [0.29, 0.717) is 35.4 Å². The summed E-state index contributed by atoms with van der Waals surface area (Å²) in [6, 6.07) is 4.94. The fourth-order valence-corrected chi connectivity index (χ4v) is 4.47. The molecule has 2 fully saturated rings. The molecule has 1 aromatic carbocycles. The molecule has 0 aliphatic carbocycles. The highest BCUT2D eigenvalue weighted by Gasteiger charge is 2.49. The van der Waals surface area contributed by atoms with Crippen LogP contribution < -0.4 is 15.5 Å². The third kappa shape index (κ3) is 4.22. The summed E-state index contributed by atoms with van der Waals surface area (Å²) in [6.07, 6.45) is 4.51. The van der Waals surface area contributed by atoms with Crippen molar-refractivity contribution in [2.24, 2.45) is 0 Å². The van der Waals surface area contributed by atoms with Gasteiger partial charge in [-0.2, -0.15) is 0 Å². The topological polar surface area (TPSA) is 108 Å². The molecule has 1 aromatic heterocycles. The van der Waals surface area contributed by atoms with E-state index in [1.54, 1.807) is 11.0 Å². The molecule has 168 valence electrons. The molecule has 0 saturated carbocycles. The maximum absolute atomic E-state index is 13.0. The van der Waals surface area contributed by atoms with Gasteiger partial charge in [0.15, 0.2) is 5.54 Å². The quantitative estimate of drug-likeness (QED) is 0.641. The van der Waals surface area contributed by atoms with E-state index in [2.05, 4.69) is 25.5 Å². The van der Waals surface area contributed by atoms with Crippen molar-refractivity contribution in [1.82, 2.24) is 25.5 Å². The van der Waals surface area contributed by atoms with Gasteiger partial charge in [0.05, 0.1) is 21.9 Å². The van der Waals surface area contributed by atoms with Crippen LogP contribution in [0, 0.1) is 0 Å². The zero-order valence-corrected chi connectivity index (χ0v) is 18.9. The van der Waals surface area contributed by atoms with Crippen LogP contribution in [0.1, 0.15) is 25.5 Å². The van der Waals surface area contributed by atoms with Crippen LogP contribution in [0.15, 0.2) is 36.8 Å². The van der Waals surface area contributed by atoms with Crippen molar-refractivity contribution >= 4 is 46.7 Å². The van der Waals surface area contributed by atoms with Crippen molar-refractivity contribution in [1.29, 1.82) is 0 Å². The lowest BCUT2D eigenvalue weighted by atomic mass is 9.89. The monoisotopic (exact) mass is 476 g/mol. The van der Waals surface area contributed by atoms with Gasteiger partial charge in [0.1, 0.15) is 0 Å². The number of carbonyl (C=O) groups excluding carboxylic acids is 3. The van der Waals surface area contributed by atoms with E-state index in [1.165, 1.54) is 18.6 Å². The van der Waals surface area contributed by atoms with E-state index in [4.69, 9.17) is 23.2 Å². The molecule has 2 aromatic rings. The minimum Gasteiger partial charge on any atom is -0.365 e. The van der Waals surface area contributed by atoms with E-state index < -0.39 is 17.5 Å². The zero-order valence-electron chi connectivity index (χ0n) is 17.3. The summed E-state index contributed by atoms with van der Waals surface area (Å²) in [7, 11) is 0. The molecular weight excluding hydrogens is 455 g/mol. The van der Waals surface area contributed by atoms with Crippen LogP contribution in [0.2, 0.25) is 10.0 Å². The average molecular weight is 477 g/mol. The first-order valence-corrected chi connectivity index (χ1v) is 11.0. The predicted molar refractivity (Wildman–Crippen MR) is 119 cm³/mol. The number of amides is 4. The van der Waals surface area contributed by atoms with Crippen LogP contribution in [-0.4, -0.2) is 58.4 Å². The van der Waals surface area contributed by atoms with Gasteiger partial charge < -0.3 is 15.1 Å². The lowest BCUT2D eigenvalue weighted by Crippen LogP contribution is -2.54. The van der Waals surface area contributed by atoms with Crippen LogP contribution in [-0.2, 0) is 15.1 Å². The maximum atomic E-state index is 13.0. The summed E-state index contributed by atoms with van der Waals surface area (Å²) >= 11 is 12.2. The second-order valence-electron chi connectivity index (χ2n) is 7.88. The van der Waals surface area contributed by atoms with Crippen LogP contribution in [0.25, 0.3) is 0 Å². The number of anilines is 1. The Labute approximate surface area is 195 Å². The first kappa shape index (κ1) is 22.3. The number of nitrogens with zero attached hydrogens (tertiary/aromatic N) is 4. The number of benzene rings is 1.